The lowest BCUT2D eigenvalue weighted by molar-refractivity contribution is 0.296. The molecule has 2 aromatic rings. The molecule has 0 aliphatic heterocycles. The lowest BCUT2D eigenvalue weighted by atomic mass is 10.2. The fourth-order valence-electron chi connectivity index (χ4n) is 1.66. The van der Waals surface area contributed by atoms with E-state index >= 15 is 0 Å². The highest BCUT2D eigenvalue weighted by Crippen LogP contribution is 2.12. The van der Waals surface area contributed by atoms with Crippen LogP contribution in [0.4, 0.5) is 0 Å². The summed E-state index contributed by atoms with van der Waals surface area (Å²) >= 11 is 4.87. The first-order valence-corrected chi connectivity index (χ1v) is 6.23. The van der Waals surface area contributed by atoms with Crippen molar-refractivity contribution in [3.8, 4) is 5.75 Å². The van der Waals surface area contributed by atoms with Gasteiger partial charge in [-0.15, -0.1) is 0 Å². The number of rotatable bonds is 5. The monoisotopic (exact) mass is 277 g/mol. The second-order valence-electron chi connectivity index (χ2n) is 4.12. The van der Waals surface area contributed by atoms with E-state index in [-0.39, 0.29) is 5.69 Å². The number of nitrogens with two attached hydrogens (primary N) is 1. The van der Waals surface area contributed by atoms with Gasteiger partial charge in [-0.25, -0.2) is 4.79 Å². The van der Waals surface area contributed by atoms with Gasteiger partial charge in [0.25, 0.3) is 0 Å². The third-order valence-electron chi connectivity index (χ3n) is 2.76. The van der Waals surface area contributed by atoms with E-state index < -0.39 is 0 Å². The molecule has 0 atom stereocenters. The lowest BCUT2D eigenvalue weighted by Gasteiger charge is -2.07. The Kier molecular flexibility index (Phi) is 4.01. The van der Waals surface area contributed by atoms with Crippen molar-refractivity contribution in [1.82, 2.24) is 9.13 Å². The van der Waals surface area contributed by atoms with Crippen LogP contribution >= 0.6 is 12.2 Å². The molecule has 0 aliphatic carbocycles. The molecule has 0 saturated carbocycles. The molecular formula is C13H15N3O2S. The molecule has 0 saturated heterocycles. The summed E-state index contributed by atoms with van der Waals surface area (Å²) in [6.07, 6.45) is 3.46. The van der Waals surface area contributed by atoms with E-state index in [9.17, 15) is 4.79 Å². The molecule has 6 heteroatoms. The molecule has 0 unspecified atom stereocenters. The van der Waals surface area contributed by atoms with Gasteiger partial charge in [-0.05, 0) is 24.3 Å². The Hall–Kier alpha value is -2.08. The molecule has 1 aromatic heterocycles. The lowest BCUT2D eigenvalue weighted by Crippen LogP contribution is -2.24. The molecule has 19 heavy (non-hydrogen) atoms. The van der Waals surface area contributed by atoms with Crippen molar-refractivity contribution in [2.24, 2.45) is 12.8 Å². The number of ether oxygens (including phenoxy) is 1. The quantitative estimate of drug-likeness (QED) is 0.825. The number of aromatic nitrogens is 2. The Balaban J connectivity index is 1.91. The highest BCUT2D eigenvalue weighted by Gasteiger charge is 2.01. The molecule has 0 bridgehead atoms. The fraction of sp³-hybridized carbons (Fsp3) is 0.231. The third kappa shape index (κ3) is 3.23. The second kappa shape index (κ2) is 5.71. The van der Waals surface area contributed by atoms with Crippen LogP contribution in [0.5, 0.6) is 5.75 Å². The molecule has 0 aliphatic rings. The summed E-state index contributed by atoms with van der Waals surface area (Å²) in [6.45, 7) is 0.938. The van der Waals surface area contributed by atoms with Gasteiger partial charge in [-0.2, -0.15) is 0 Å². The molecule has 0 fully saturated rings. The van der Waals surface area contributed by atoms with Crippen molar-refractivity contribution >= 4 is 17.2 Å². The number of imidazole rings is 1. The van der Waals surface area contributed by atoms with Crippen LogP contribution in [0, 0.1) is 0 Å². The highest BCUT2D eigenvalue weighted by molar-refractivity contribution is 7.80. The Morgan fingerprint density at radius 1 is 1.32 bits per heavy atom. The maximum Gasteiger partial charge on any atom is 0.327 e. The summed E-state index contributed by atoms with van der Waals surface area (Å²) in [6, 6.07) is 7.24. The van der Waals surface area contributed by atoms with E-state index in [0.717, 1.165) is 11.3 Å². The van der Waals surface area contributed by atoms with Crippen LogP contribution in [0.25, 0.3) is 0 Å². The van der Waals surface area contributed by atoms with Gasteiger partial charge in [0, 0.05) is 25.0 Å². The molecule has 0 amide bonds. The molecule has 5 nitrogen and oxygen atoms in total. The molecule has 0 radical (unpaired) electrons. The molecule has 1 aromatic carbocycles. The summed E-state index contributed by atoms with van der Waals surface area (Å²) in [7, 11) is 1.72. The Morgan fingerprint density at radius 2 is 2.00 bits per heavy atom. The smallest absolute Gasteiger partial charge is 0.327 e. The van der Waals surface area contributed by atoms with Crippen molar-refractivity contribution in [1.29, 1.82) is 0 Å². The van der Waals surface area contributed by atoms with E-state index in [4.69, 9.17) is 22.7 Å². The number of thiocarbonyl (C=S) groups is 1. The summed E-state index contributed by atoms with van der Waals surface area (Å²) < 4.78 is 8.68. The van der Waals surface area contributed by atoms with Gasteiger partial charge in [-0.1, -0.05) is 12.2 Å². The number of hydrogen-bond donors (Lipinski definition) is 1. The van der Waals surface area contributed by atoms with Gasteiger partial charge in [0.15, 0.2) is 0 Å². The fourth-order valence-corrected chi connectivity index (χ4v) is 1.79. The predicted molar refractivity (Wildman–Crippen MR) is 77.5 cm³/mol. The number of aryl methyl sites for hydroxylation is 1. The Morgan fingerprint density at radius 3 is 2.53 bits per heavy atom. The van der Waals surface area contributed by atoms with E-state index in [1.165, 1.54) is 4.57 Å². The van der Waals surface area contributed by atoms with Gasteiger partial charge in [-0.3, -0.25) is 4.57 Å². The topological polar surface area (TPSA) is 62.2 Å². The largest absolute Gasteiger partial charge is 0.492 e. The van der Waals surface area contributed by atoms with Gasteiger partial charge < -0.3 is 15.0 Å². The maximum atomic E-state index is 11.6. The standard InChI is InChI=1S/C13H15N3O2S/c1-15-6-7-16(13(15)17)8-9-18-11-4-2-10(3-5-11)12(14)19/h2-7H,8-9H2,1H3,(H2,14,19). The van der Waals surface area contributed by atoms with Crippen LogP contribution in [-0.4, -0.2) is 20.7 Å². The summed E-state index contributed by atoms with van der Waals surface area (Å²) in [4.78, 5) is 11.9. The molecular weight excluding hydrogens is 262 g/mol. The first-order valence-electron chi connectivity index (χ1n) is 5.82. The summed E-state index contributed by atoms with van der Waals surface area (Å²) in [5.41, 5.74) is 6.27. The van der Waals surface area contributed by atoms with Crippen molar-refractivity contribution < 1.29 is 4.74 Å². The highest BCUT2D eigenvalue weighted by atomic mass is 32.1. The minimum absolute atomic E-state index is 0.0487. The zero-order valence-corrected chi connectivity index (χ0v) is 11.4. The predicted octanol–water partition coefficient (Wildman–Crippen LogP) is 0.900. The number of hydrogen-bond acceptors (Lipinski definition) is 3. The molecule has 100 valence electrons. The summed E-state index contributed by atoms with van der Waals surface area (Å²) in [5.74, 6) is 0.726. The number of benzene rings is 1. The average molecular weight is 277 g/mol. The normalized spacial score (nSPS) is 10.4. The third-order valence-corrected chi connectivity index (χ3v) is 2.99. The van der Waals surface area contributed by atoms with E-state index in [2.05, 4.69) is 0 Å². The van der Waals surface area contributed by atoms with Crippen molar-refractivity contribution in [3.63, 3.8) is 0 Å². The zero-order chi connectivity index (χ0) is 13.8. The Labute approximate surface area is 116 Å². The minimum Gasteiger partial charge on any atom is -0.492 e. The van der Waals surface area contributed by atoms with Crippen LogP contribution in [0.1, 0.15) is 5.56 Å². The molecule has 1 heterocycles. The van der Waals surface area contributed by atoms with Crippen LogP contribution in [-0.2, 0) is 13.6 Å². The van der Waals surface area contributed by atoms with Gasteiger partial charge >= 0.3 is 5.69 Å². The zero-order valence-electron chi connectivity index (χ0n) is 10.6. The molecule has 2 rings (SSSR count). The second-order valence-corrected chi connectivity index (χ2v) is 4.56. The van der Waals surface area contributed by atoms with E-state index in [1.807, 2.05) is 24.3 Å². The molecule has 2 N–H and O–H groups in total. The van der Waals surface area contributed by atoms with Crippen molar-refractivity contribution in [3.05, 3.63) is 52.7 Å². The first-order chi connectivity index (χ1) is 9.08. The summed E-state index contributed by atoms with van der Waals surface area (Å²) in [5, 5.41) is 0. The first kappa shape index (κ1) is 13.4. The van der Waals surface area contributed by atoms with Crippen molar-refractivity contribution in [2.75, 3.05) is 6.61 Å². The van der Waals surface area contributed by atoms with Crippen molar-refractivity contribution in [2.45, 2.75) is 6.54 Å². The minimum atomic E-state index is -0.0487. The van der Waals surface area contributed by atoms with E-state index in [1.54, 1.807) is 24.0 Å². The van der Waals surface area contributed by atoms with Crippen LogP contribution in [0.3, 0.4) is 0 Å². The molecule has 0 spiro atoms. The number of nitrogens with zero attached hydrogens (tertiary/aromatic N) is 2. The van der Waals surface area contributed by atoms with Gasteiger partial charge in [0.05, 0.1) is 6.54 Å². The van der Waals surface area contributed by atoms with Crippen LogP contribution < -0.4 is 16.2 Å². The SMILES string of the molecule is Cn1ccn(CCOc2ccc(C(N)=S)cc2)c1=O. The van der Waals surface area contributed by atoms with Gasteiger partial charge in [0.1, 0.15) is 17.3 Å². The Bertz CT molecular complexity index is 628. The van der Waals surface area contributed by atoms with Gasteiger partial charge in [0.2, 0.25) is 0 Å². The van der Waals surface area contributed by atoms with E-state index in [0.29, 0.717) is 18.1 Å². The average Bonchev–Trinajstić information content (AvgIpc) is 2.71. The van der Waals surface area contributed by atoms with Crippen LogP contribution in [0.15, 0.2) is 41.5 Å². The van der Waals surface area contributed by atoms with Crippen LogP contribution in [0.2, 0.25) is 0 Å². The maximum absolute atomic E-state index is 11.6.